The first-order chi connectivity index (χ1) is 15.0. The Morgan fingerprint density at radius 1 is 0.968 bits per heavy atom. The molecule has 0 saturated heterocycles. The topological polar surface area (TPSA) is 36.1 Å². The highest BCUT2D eigenvalue weighted by Crippen LogP contribution is 2.45. The number of benzene rings is 3. The zero-order valence-corrected chi connectivity index (χ0v) is 18.5. The van der Waals surface area contributed by atoms with Crippen molar-refractivity contribution in [2.24, 2.45) is 5.92 Å². The zero-order valence-electron chi connectivity index (χ0n) is 17.7. The highest BCUT2D eigenvalue weighted by molar-refractivity contribution is 6.30. The number of H-pyrrole nitrogens is 1. The molecule has 1 amide bonds. The van der Waals surface area contributed by atoms with E-state index in [9.17, 15) is 4.79 Å². The van der Waals surface area contributed by atoms with Crippen LogP contribution >= 0.6 is 11.6 Å². The molecule has 3 aromatic carbocycles. The summed E-state index contributed by atoms with van der Waals surface area (Å²) in [4.78, 5) is 19.1. The molecule has 5 rings (SSSR count). The molecular weight excluding hydrogens is 404 g/mol. The van der Waals surface area contributed by atoms with Crippen molar-refractivity contribution in [3.05, 3.63) is 94.5 Å². The third kappa shape index (κ3) is 3.43. The molecule has 1 unspecified atom stereocenters. The Hall–Kier alpha value is -3.04. The van der Waals surface area contributed by atoms with E-state index in [1.165, 1.54) is 0 Å². The maximum atomic E-state index is 13.4. The molecule has 1 atom stereocenters. The van der Waals surface area contributed by atoms with Gasteiger partial charge in [-0.25, -0.2) is 0 Å². The van der Waals surface area contributed by atoms with Crippen LogP contribution in [0.4, 0.5) is 0 Å². The van der Waals surface area contributed by atoms with Crippen molar-refractivity contribution in [1.29, 1.82) is 0 Å². The lowest BCUT2D eigenvalue weighted by Crippen LogP contribution is -2.30. The maximum absolute atomic E-state index is 13.4. The van der Waals surface area contributed by atoms with Gasteiger partial charge in [0.1, 0.15) is 0 Å². The first-order valence-electron chi connectivity index (χ1n) is 10.8. The molecule has 0 bridgehead atoms. The predicted octanol–water partition coefficient (Wildman–Crippen LogP) is 7.08. The van der Waals surface area contributed by atoms with Crippen LogP contribution in [0.3, 0.4) is 0 Å². The fourth-order valence-electron chi connectivity index (χ4n) is 4.60. The van der Waals surface area contributed by atoms with Gasteiger partial charge in [-0.3, -0.25) is 4.79 Å². The molecule has 1 aliphatic rings. The zero-order chi connectivity index (χ0) is 21.5. The van der Waals surface area contributed by atoms with Gasteiger partial charge in [0.15, 0.2) is 0 Å². The second-order valence-corrected chi connectivity index (χ2v) is 9.07. The number of fused-ring (bicyclic) bond motifs is 2. The number of rotatable bonds is 5. The number of halogens is 1. The van der Waals surface area contributed by atoms with Gasteiger partial charge in [0.25, 0.3) is 5.91 Å². The SMILES string of the molecule is CC(C)CCN1C(=O)c2ccccc2C1c1c(-c2ccc(Cl)cc2)[nH]c2ccccc12. The first-order valence-corrected chi connectivity index (χ1v) is 11.2. The Balaban J connectivity index is 1.75. The number of carbonyl (C=O) groups excluding carboxylic acids is 1. The lowest BCUT2D eigenvalue weighted by atomic mass is 9.93. The largest absolute Gasteiger partial charge is 0.354 e. The molecule has 0 aliphatic carbocycles. The van der Waals surface area contributed by atoms with Gasteiger partial charge in [-0.2, -0.15) is 0 Å². The van der Waals surface area contributed by atoms with Gasteiger partial charge in [-0.1, -0.05) is 74.0 Å². The quantitative estimate of drug-likeness (QED) is 0.362. The normalized spacial score (nSPS) is 15.8. The molecule has 156 valence electrons. The van der Waals surface area contributed by atoms with Gasteiger partial charge in [0.2, 0.25) is 0 Å². The van der Waals surface area contributed by atoms with Crippen molar-refractivity contribution in [3.8, 4) is 11.3 Å². The standard InChI is InChI=1S/C27H25ClN2O/c1-17(2)15-16-30-26(20-7-3-4-8-21(20)27(30)31)24-22-9-5-6-10-23(22)29-25(24)18-11-13-19(28)14-12-18/h3-14,17,26,29H,15-16H2,1-2H3. The Bertz CT molecular complexity index is 1260. The van der Waals surface area contributed by atoms with Gasteiger partial charge >= 0.3 is 0 Å². The third-order valence-corrected chi connectivity index (χ3v) is 6.41. The van der Waals surface area contributed by atoms with E-state index in [4.69, 9.17) is 11.6 Å². The molecule has 0 saturated carbocycles. The van der Waals surface area contributed by atoms with Crippen LogP contribution in [0.15, 0.2) is 72.8 Å². The minimum absolute atomic E-state index is 0.119. The van der Waals surface area contributed by atoms with Crippen LogP contribution in [-0.4, -0.2) is 22.3 Å². The summed E-state index contributed by atoms with van der Waals surface area (Å²) >= 11 is 6.16. The molecule has 2 heterocycles. The fraction of sp³-hybridized carbons (Fsp3) is 0.222. The van der Waals surface area contributed by atoms with Crippen LogP contribution in [0.2, 0.25) is 5.02 Å². The summed E-state index contributed by atoms with van der Waals surface area (Å²) in [6.07, 6.45) is 0.967. The minimum atomic E-state index is -0.121. The Kier molecular flexibility index (Phi) is 5.07. The molecular formula is C27H25ClN2O. The van der Waals surface area contributed by atoms with Crippen molar-refractivity contribution in [3.63, 3.8) is 0 Å². The number of aromatic nitrogens is 1. The summed E-state index contributed by atoms with van der Waals surface area (Å²) in [6.45, 7) is 5.14. The summed E-state index contributed by atoms with van der Waals surface area (Å²) in [5.74, 6) is 0.643. The number of amides is 1. The number of nitrogens with one attached hydrogen (secondary N) is 1. The van der Waals surface area contributed by atoms with Crippen molar-refractivity contribution in [2.75, 3.05) is 6.54 Å². The van der Waals surface area contributed by atoms with E-state index in [-0.39, 0.29) is 11.9 Å². The summed E-state index contributed by atoms with van der Waals surface area (Å²) in [5, 5.41) is 1.86. The molecule has 4 heteroatoms. The lowest BCUT2D eigenvalue weighted by molar-refractivity contribution is 0.0743. The van der Waals surface area contributed by atoms with Gasteiger partial charge in [-0.15, -0.1) is 0 Å². The van der Waals surface area contributed by atoms with Crippen molar-refractivity contribution >= 4 is 28.4 Å². The second kappa shape index (κ2) is 7.90. The molecule has 1 aromatic heterocycles. The van der Waals surface area contributed by atoms with Crippen molar-refractivity contribution in [1.82, 2.24) is 9.88 Å². The molecule has 1 N–H and O–H groups in total. The van der Waals surface area contributed by atoms with Crippen LogP contribution in [0.25, 0.3) is 22.2 Å². The number of para-hydroxylation sites is 1. The number of aromatic amines is 1. The molecule has 4 aromatic rings. The second-order valence-electron chi connectivity index (χ2n) is 8.64. The maximum Gasteiger partial charge on any atom is 0.255 e. The third-order valence-electron chi connectivity index (χ3n) is 6.16. The van der Waals surface area contributed by atoms with Gasteiger partial charge in [0, 0.05) is 33.6 Å². The number of hydrogen-bond acceptors (Lipinski definition) is 1. The van der Waals surface area contributed by atoms with Crippen LogP contribution < -0.4 is 0 Å². The number of carbonyl (C=O) groups is 1. The average molecular weight is 429 g/mol. The van der Waals surface area contributed by atoms with E-state index in [1.54, 1.807) is 0 Å². The molecule has 0 radical (unpaired) electrons. The summed E-state index contributed by atoms with van der Waals surface area (Å²) in [6, 6.07) is 24.2. The van der Waals surface area contributed by atoms with Crippen LogP contribution in [0, 0.1) is 5.92 Å². The van der Waals surface area contributed by atoms with E-state index >= 15 is 0 Å². The van der Waals surface area contributed by atoms with Crippen LogP contribution in [-0.2, 0) is 0 Å². The Morgan fingerprint density at radius 3 is 2.45 bits per heavy atom. The first kappa shape index (κ1) is 19.9. The van der Waals surface area contributed by atoms with Gasteiger partial charge in [-0.05, 0) is 47.7 Å². The molecule has 31 heavy (non-hydrogen) atoms. The Morgan fingerprint density at radius 2 is 1.68 bits per heavy atom. The van der Waals surface area contributed by atoms with E-state index in [0.29, 0.717) is 10.9 Å². The average Bonchev–Trinajstić information content (AvgIpc) is 3.28. The fourth-order valence-corrected chi connectivity index (χ4v) is 4.73. The van der Waals surface area contributed by atoms with Crippen molar-refractivity contribution in [2.45, 2.75) is 26.3 Å². The van der Waals surface area contributed by atoms with Crippen LogP contribution in [0.1, 0.15) is 47.8 Å². The highest BCUT2D eigenvalue weighted by Gasteiger charge is 2.39. The smallest absolute Gasteiger partial charge is 0.255 e. The van der Waals surface area contributed by atoms with E-state index in [1.807, 2.05) is 48.5 Å². The summed E-state index contributed by atoms with van der Waals surface area (Å²) in [7, 11) is 0. The predicted molar refractivity (Wildman–Crippen MR) is 128 cm³/mol. The van der Waals surface area contributed by atoms with Gasteiger partial charge in [0.05, 0.1) is 11.7 Å². The van der Waals surface area contributed by atoms with E-state index in [2.05, 4.69) is 48.0 Å². The molecule has 1 aliphatic heterocycles. The summed E-state index contributed by atoms with van der Waals surface area (Å²) < 4.78 is 0. The van der Waals surface area contributed by atoms with Crippen molar-refractivity contribution < 1.29 is 4.79 Å². The molecule has 0 fully saturated rings. The lowest BCUT2D eigenvalue weighted by Gasteiger charge is -2.27. The van der Waals surface area contributed by atoms with Gasteiger partial charge < -0.3 is 9.88 Å². The van der Waals surface area contributed by atoms with E-state index < -0.39 is 0 Å². The van der Waals surface area contributed by atoms with Crippen LogP contribution in [0.5, 0.6) is 0 Å². The summed E-state index contributed by atoms with van der Waals surface area (Å²) in [5.41, 5.74) is 6.22. The number of hydrogen-bond donors (Lipinski definition) is 1. The molecule has 3 nitrogen and oxygen atoms in total. The molecule has 0 spiro atoms. The number of nitrogens with zero attached hydrogens (tertiary/aromatic N) is 1. The monoisotopic (exact) mass is 428 g/mol. The highest BCUT2D eigenvalue weighted by atomic mass is 35.5. The minimum Gasteiger partial charge on any atom is -0.354 e. The van der Waals surface area contributed by atoms with E-state index in [0.717, 1.165) is 51.8 Å². The Labute approximate surface area is 187 Å².